The first-order valence-electron chi connectivity index (χ1n) is 4.86. The number of hydrogen-bond donors (Lipinski definition) is 1. The Morgan fingerprint density at radius 1 is 1.73 bits per heavy atom. The SMILES string of the molecule is O=C(O)C1CCCN1Cc1coc(Br)c1. The summed E-state index contributed by atoms with van der Waals surface area (Å²) in [4.78, 5) is 12.9. The zero-order valence-corrected chi connectivity index (χ0v) is 9.74. The van der Waals surface area contributed by atoms with Gasteiger partial charge in [0.15, 0.2) is 4.67 Å². The summed E-state index contributed by atoms with van der Waals surface area (Å²) in [5.74, 6) is -0.727. The van der Waals surface area contributed by atoms with Crippen LogP contribution in [0.15, 0.2) is 21.4 Å². The van der Waals surface area contributed by atoms with Crippen molar-refractivity contribution in [2.24, 2.45) is 0 Å². The lowest BCUT2D eigenvalue weighted by atomic mass is 10.2. The van der Waals surface area contributed by atoms with Gasteiger partial charge in [-0.25, -0.2) is 0 Å². The third-order valence-corrected chi connectivity index (χ3v) is 3.07. The molecule has 0 saturated carbocycles. The maximum atomic E-state index is 10.9. The zero-order valence-electron chi connectivity index (χ0n) is 8.15. The Morgan fingerprint density at radius 2 is 2.53 bits per heavy atom. The standard InChI is InChI=1S/C10H12BrNO3/c11-9-4-7(6-15-9)5-12-3-1-2-8(12)10(13)14/h4,6,8H,1-3,5H2,(H,13,14). The summed E-state index contributed by atoms with van der Waals surface area (Å²) >= 11 is 3.22. The fourth-order valence-corrected chi connectivity index (χ4v) is 2.35. The van der Waals surface area contributed by atoms with Crippen LogP contribution in [0.25, 0.3) is 0 Å². The molecular formula is C10H12BrNO3. The van der Waals surface area contributed by atoms with Crippen LogP contribution in [0.5, 0.6) is 0 Å². The Balaban J connectivity index is 2.02. The van der Waals surface area contributed by atoms with E-state index in [-0.39, 0.29) is 6.04 Å². The lowest BCUT2D eigenvalue weighted by Gasteiger charge is -2.19. The summed E-state index contributed by atoms with van der Waals surface area (Å²) in [5.41, 5.74) is 1.01. The lowest BCUT2D eigenvalue weighted by molar-refractivity contribution is -0.142. The number of nitrogens with zero attached hydrogens (tertiary/aromatic N) is 1. The molecule has 1 aromatic heterocycles. The number of carboxylic acid groups (broad SMARTS) is 1. The number of likely N-dealkylation sites (tertiary alicyclic amines) is 1. The summed E-state index contributed by atoms with van der Waals surface area (Å²) in [6.45, 7) is 1.49. The van der Waals surface area contributed by atoms with Gasteiger partial charge in [0.05, 0.1) is 6.26 Å². The molecule has 82 valence electrons. The fourth-order valence-electron chi connectivity index (χ4n) is 1.96. The van der Waals surface area contributed by atoms with Crippen molar-refractivity contribution in [3.8, 4) is 0 Å². The van der Waals surface area contributed by atoms with Crippen molar-refractivity contribution in [2.75, 3.05) is 6.54 Å². The van der Waals surface area contributed by atoms with Crippen molar-refractivity contribution in [2.45, 2.75) is 25.4 Å². The van der Waals surface area contributed by atoms with Crippen LogP contribution in [0.3, 0.4) is 0 Å². The van der Waals surface area contributed by atoms with Crippen molar-refractivity contribution >= 4 is 21.9 Å². The number of carboxylic acids is 1. The third kappa shape index (κ3) is 2.41. The summed E-state index contributed by atoms with van der Waals surface area (Å²) in [6, 6.07) is 1.54. The minimum absolute atomic E-state index is 0.335. The molecule has 0 bridgehead atoms. The molecule has 0 amide bonds. The van der Waals surface area contributed by atoms with Gasteiger partial charge < -0.3 is 9.52 Å². The normalized spacial score (nSPS) is 22.1. The molecule has 15 heavy (non-hydrogen) atoms. The van der Waals surface area contributed by atoms with Gasteiger partial charge in [0.1, 0.15) is 6.04 Å². The summed E-state index contributed by atoms with van der Waals surface area (Å²) in [5, 5.41) is 8.99. The molecular weight excluding hydrogens is 262 g/mol. The minimum Gasteiger partial charge on any atom is -0.480 e. The van der Waals surface area contributed by atoms with Gasteiger partial charge in [-0.05, 0) is 41.4 Å². The molecule has 0 aromatic carbocycles. The molecule has 0 aliphatic carbocycles. The van der Waals surface area contributed by atoms with Crippen LogP contribution in [0.4, 0.5) is 0 Å². The smallest absolute Gasteiger partial charge is 0.320 e. The van der Waals surface area contributed by atoms with Gasteiger partial charge in [-0.3, -0.25) is 9.69 Å². The molecule has 5 heteroatoms. The predicted molar refractivity (Wildman–Crippen MR) is 57.5 cm³/mol. The van der Waals surface area contributed by atoms with Crippen molar-refractivity contribution in [3.05, 3.63) is 22.6 Å². The minimum atomic E-state index is -0.727. The number of furan rings is 1. The van der Waals surface area contributed by atoms with E-state index < -0.39 is 5.97 Å². The summed E-state index contributed by atoms with van der Waals surface area (Å²) in [6.07, 6.45) is 3.35. The van der Waals surface area contributed by atoms with Crippen molar-refractivity contribution in [1.29, 1.82) is 0 Å². The predicted octanol–water partition coefficient (Wildman–Crippen LogP) is 2.09. The second-order valence-corrected chi connectivity index (χ2v) is 4.51. The zero-order chi connectivity index (χ0) is 10.8. The van der Waals surface area contributed by atoms with Crippen LogP contribution in [0.1, 0.15) is 18.4 Å². The van der Waals surface area contributed by atoms with E-state index in [2.05, 4.69) is 15.9 Å². The molecule has 2 rings (SSSR count). The largest absolute Gasteiger partial charge is 0.480 e. The summed E-state index contributed by atoms with van der Waals surface area (Å²) in [7, 11) is 0. The highest BCUT2D eigenvalue weighted by Gasteiger charge is 2.30. The topological polar surface area (TPSA) is 53.7 Å². The molecule has 4 nitrogen and oxygen atoms in total. The van der Waals surface area contributed by atoms with E-state index in [0.29, 0.717) is 11.2 Å². The first-order valence-corrected chi connectivity index (χ1v) is 5.66. The van der Waals surface area contributed by atoms with Crippen LogP contribution in [-0.4, -0.2) is 28.6 Å². The van der Waals surface area contributed by atoms with Gasteiger partial charge in [0.2, 0.25) is 0 Å². The summed E-state index contributed by atoms with van der Waals surface area (Å²) < 4.78 is 5.80. The van der Waals surface area contributed by atoms with E-state index in [1.54, 1.807) is 6.26 Å². The highest BCUT2D eigenvalue weighted by molar-refractivity contribution is 9.10. The second kappa shape index (κ2) is 4.37. The Morgan fingerprint density at radius 3 is 3.13 bits per heavy atom. The Kier molecular flexibility index (Phi) is 3.11. The fraction of sp³-hybridized carbons (Fsp3) is 0.500. The molecule has 1 atom stereocenters. The number of carbonyl (C=O) groups is 1. The van der Waals surface area contributed by atoms with E-state index in [4.69, 9.17) is 9.52 Å². The Hall–Kier alpha value is -0.810. The molecule has 0 radical (unpaired) electrons. The number of hydrogen-bond acceptors (Lipinski definition) is 3. The van der Waals surface area contributed by atoms with Crippen LogP contribution in [0.2, 0.25) is 0 Å². The van der Waals surface area contributed by atoms with E-state index in [1.165, 1.54) is 0 Å². The van der Waals surface area contributed by atoms with Crippen LogP contribution < -0.4 is 0 Å². The average Bonchev–Trinajstić information content (AvgIpc) is 2.75. The second-order valence-electron chi connectivity index (χ2n) is 3.73. The van der Waals surface area contributed by atoms with Crippen molar-refractivity contribution < 1.29 is 14.3 Å². The first-order chi connectivity index (χ1) is 7.16. The quantitative estimate of drug-likeness (QED) is 0.917. The third-order valence-electron chi connectivity index (χ3n) is 2.66. The highest BCUT2D eigenvalue weighted by atomic mass is 79.9. The number of halogens is 1. The van der Waals surface area contributed by atoms with Gasteiger partial charge >= 0.3 is 5.97 Å². The van der Waals surface area contributed by atoms with Gasteiger partial charge in [-0.1, -0.05) is 0 Å². The molecule has 2 heterocycles. The first kappa shape index (κ1) is 10.7. The molecule has 1 saturated heterocycles. The van der Waals surface area contributed by atoms with Gasteiger partial charge in [0, 0.05) is 12.1 Å². The molecule has 1 aliphatic heterocycles. The van der Waals surface area contributed by atoms with Crippen LogP contribution in [0, 0.1) is 0 Å². The average molecular weight is 274 g/mol. The Bertz CT molecular complexity index is 363. The Labute approximate surface area is 96.0 Å². The highest BCUT2D eigenvalue weighted by Crippen LogP contribution is 2.22. The van der Waals surface area contributed by atoms with E-state index in [9.17, 15) is 4.79 Å². The number of rotatable bonds is 3. The van der Waals surface area contributed by atoms with Gasteiger partial charge in [-0.15, -0.1) is 0 Å². The van der Waals surface area contributed by atoms with E-state index >= 15 is 0 Å². The lowest BCUT2D eigenvalue weighted by Crippen LogP contribution is -2.35. The molecule has 1 N–H and O–H groups in total. The van der Waals surface area contributed by atoms with Crippen molar-refractivity contribution in [3.63, 3.8) is 0 Å². The molecule has 1 unspecified atom stereocenters. The molecule has 0 spiro atoms. The maximum Gasteiger partial charge on any atom is 0.320 e. The van der Waals surface area contributed by atoms with E-state index in [0.717, 1.165) is 24.9 Å². The van der Waals surface area contributed by atoms with Crippen LogP contribution in [-0.2, 0) is 11.3 Å². The van der Waals surface area contributed by atoms with Gasteiger partial charge in [-0.2, -0.15) is 0 Å². The van der Waals surface area contributed by atoms with E-state index in [1.807, 2.05) is 11.0 Å². The van der Waals surface area contributed by atoms with Crippen LogP contribution >= 0.6 is 15.9 Å². The van der Waals surface area contributed by atoms with Gasteiger partial charge in [0.25, 0.3) is 0 Å². The van der Waals surface area contributed by atoms with Crippen molar-refractivity contribution in [1.82, 2.24) is 4.90 Å². The molecule has 1 fully saturated rings. The molecule has 1 aliphatic rings. The maximum absolute atomic E-state index is 10.9. The monoisotopic (exact) mass is 273 g/mol. The number of aliphatic carboxylic acids is 1. The molecule has 1 aromatic rings.